The third-order valence-corrected chi connectivity index (χ3v) is 6.41. The molecule has 39 heavy (non-hydrogen) atoms. The van der Waals surface area contributed by atoms with E-state index in [2.05, 4.69) is 16.6 Å². The number of terminal acetylenes is 1. The summed E-state index contributed by atoms with van der Waals surface area (Å²) in [4.78, 5) is 42.4. The number of ether oxygens (including phenoxy) is 1. The van der Waals surface area contributed by atoms with Crippen molar-refractivity contribution in [1.82, 2.24) is 15.5 Å². The second kappa shape index (κ2) is 14.1. The van der Waals surface area contributed by atoms with E-state index in [4.69, 9.17) is 11.2 Å². The van der Waals surface area contributed by atoms with Crippen molar-refractivity contribution in [3.8, 4) is 12.3 Å². The number of thioether (sulfide) groups is 1. The Morgan fingerprint density at radius 2 is 1.62 bits per heavy atom. The predicted octanol–water partition coefficient (Wildman–Crippen LogP) is 5.30. The quantitative estimate of drug-likeness (QED) is 0.392. The molecule has 2 rings (SSSR count). The summed E-state index contributed by atoms with van der Waals surface area (Å²) in [5.74, 6) is 2.51. The molecular formula is C31H41N3O4S. The summed E-state index contributed by atoms with van der Waals surface area (Å²) in [6.07, 6.45) is 7.18. The van der Waals surface area contributed by atoms with Gasteiger partial charge in [0.05, 0.1) is 0 Å². The SMILES string of the molecule is C#Cc1ccc(C(C(=O)NCc2ccccc2)N(C(=O)C(CCSC)NC(=O)OC(C)(C)C)C(C)(C)C)cc1. The molecule has 8 heteroatoms. The maximum atomic E-state index is 14.2. The number of hydrogen-bond donors (Lipinski definition) is 2. The van der Waals surface area contributed by atoms with Crippen LogP contribution in [0.25, 0.3) is 0 Å². The van der Waals surface area contributed by atoms with Crippen LogP contribution in [0.3, 0.4) is 0 Å². The summed E-state index contributed by atoms with van der Waals surface area (Å²) in [7, 11) is 0. The Morgan fingerprint density at radius 1 is 1.00 bits per heavy atom. The average Bonchev–Trinajstić information content (AvgIpc) is 2.86. The molecule has 0 heterocycles. The molecule has 0 aliphatic carbocycles. The van der Waals surface area contributed by atoms with Gasteiger partial charge in [-0.05, 0) is 83.2 Å². The first-order chi connectivity index (χ1) is 18.3. The van der Waals surface area contributed by atoms with Gasteiger partial charge < -0.3 is 20.3 Å². The largest absolute Gasteiger partial charge is 0.444 e. The van der Waals surface area contributed by atoms with E-state index in [1.54, 1.807) is 61.7 Å². The summed E-state index contributed by atoms with van der Waals surface area (Å²) >= 11 is 1.57. The molecule has 0 spiro atoms. The topological polar surface area (TPSA) is 87.7 Å². The number of amides is 3. The smallest absolute Gasteiger partial charge is 0.408 e. The van der Waals surface area contributed by atoms with Crippen LogP contribution in [0.4, 0.5) is 4.79 Å². The summed E-state index contributed by atoms with van der Waals surface area (Å²) in [6.45, 7) is 11.2. The van der Waals surface area contributed by atoms with Gasteiger partial charge in [-0.1, -0.05) is 48.4 Å². The maximum absolute atomic E-state index is 14.2. The fourth-order valence-corrected chi connectivity index (χ4v) is 4.49. The summed E-state index contributed by atoms with van der Waals surface area (Å²) < 4.78 is 5.44. The van der Waals surface area contributed by atoms with E-state index in [0.29, 0.717) is 29.8 Å². The minimum Gasteiger partial charge on any atom is -0.444 e. The highest BCUT2D eigenvalue weighted by atomic mass is 32.2. The van der Waals surface area contributed by atoms with E-state index >= 15 is 0 Å². The fraction of sp³-hybridized carbons (Fsp3) is 0.452. The Kier molecular flexibility index (Phi) is 11.5. The van der Waals surface area contributed by atoms with E-state index in [9.17, 15) is 14.4 Å². The lowest BCUT2D eigenvalue weighted by Gasteiger charge is -2.43. The molecule has 0 saturated heterocycles. The molecule has 2 aromatic rings. The van der Waals surface area contributed by atoms with Crippen LogP contribution in [0.5, 0.6) is 0 Å². The second-order valence-corrected chi connectivity index (χ2v) is 12.2. The highest BCUT2D eigenvalue weighted by molar-refractivity contribution is 7.98. The van der Waals surface area contributed by atoms with Crippen molar-refractivity contribution in [1.29, 1.82) is 0 Å². The molecular weight excluding hydrogens is 510 g/mol. The summed E-state index contributed by atoms with van der Waals surface area (Å²) in [5.41, 5.74) is 0.720. The highest BCUT2D eigenvalue weighted by Crippen LogP contribution is 2.31. The van der Waals surface area contributed by atoms with E-state index in [1.807, 2.05) is 57.4 Å². The minimum atomic E-state index is -0.967. The van der Waals surface area contributed by atoms with Crippen molar-refractivity contribution in [2.24, 2.45) is 0 Å². The number of nitrogens with one attached hydrogen (secondary N) is 2. The van der Waals surface area contributed by atoms with Gasteiger partial charge in [0.15, 0.2) is 0 Å². The molecule has 0 radical (unpaired) electrons. The number of hydrogen-bond acceptors (Lipinski definition) is 5. The number of rotatable bonds is 10. The minimum absolute atomic E-state index is 0.302. The zero-order valence-corrected chi connectivity index (χ0v) is 24.9. The van der Waals surface area contributed by atoms with Gasteiger partial charge in [0, 0.05) is 17.6 Å². The van der Waals surface area contributed by atoms with Crippen LogP contribution in [-0.4, -0.2) is 52.0 Å². The molecule has 0 saturated carbocycles. The standard InChI is InChI=1S/C31H41N3O4S/c1-9-22-15-17-24(18-16-22)26(27(35)32-21-23-13-11-10-12-14-23)34(30(2,3)4)28(36)25(19-20-39-8)33-29(37)38-31(5,6)7/h1,10-18,25-26H,19-21H2,2-8H3,(H,32,35)(H,33,37). The molecule has 0 aromatic heterocycles. The van der Waals surface area contributed by atoms with Gasteiger partial charge in [-0.3, -0.25) is 9.59 Å². The van der Waals surface area contributed by atoms with Crippen LogP contribution in [0.1, 0.15) is 70.7 Å². The van der Waals surface area contributed by atoms with Crippen LogP contribution in [0.15, 0.2) is 54.6 Å². The molecule has 2 unspecified atom stereocenters. The Labute approximate surface area is 237 Å². The molecule has 2 N–H and O–H groups in total. The first kappa shape index (κ1) is 31.8. The molecule has 2 atom stereocenters. The normalized spacial score (nSPS) is 13.0. The number of nitrogens with zero attached hydrogens (tertiary/aromatic N) is 1. The van der Waals surface area contributed by atoms with Crippen LogP contribution < -0.4 is 10.6 Å². The third kappa shape index (κ3) is 9.99. The Balaban J connectivity index is 2.51. The fourth-order valence-electron chi connectivity index (χ4n) is 4.02. The highest BCUT2D eigenvalue weighted by Gasteiger charge is 2.41. The van der Waals surface area contributed by atoms with E-state index in [1.165, 1.54) is 0 Å². The number of alkyl carbamates (subject to hydrolysis) is 1. The van der Waals surface area contributed by atoms with Crippen LogP contribution in [0.2, 0.25) is 0 Å². The molecule has 0 aliphatic rings. The van der Waals surface area contributed by atoms with Crippen molar-refractivity contribution < 1.29 is 19.1 Å². The number of carbonyl (C=O) groups excluding carboxylic acids is 3. The molecule has 0 fully saturated rings. The molecule has 7 nitrogen and oxygen atoms in total. The van der Waals surface area contributed by atoms with Crippen molar-refractivity contribution in [3.05, 3.63) is 71.3 Å². The van der Waals surface area contributed by atoms with Gasteiger partial charge >= 0.3 is 6.09 Å². The van der Waals surface area contributed by atoms with Crippen LogP contribution >= 0.6 is 11.8 Å². The molecule has 0 bridgehead atoms. The van der Waals surface area contributed by atoms with Gasteiger partial charge in [-0.2, -0.15) is 11.8 Å². The van der Waals surface area contributed by atoms with Gasteiger partial charge in [-0.15, -0.1) is 6.42 Å². The Morgan fingerprint density at radius 3 is 2.13 bits per heavy atom. The Bertz CT molecular complexity index is 1150. The van der Waals surface area contributed by atoms with E-state index in [-0.39, 0.29) is 11.8 Å². The maximum Gasteiger partial charge on any atom is 0.408 e. The van der Waals surface area contributed by atoms with Gasteiger partial charge in [0.25, 0.3) is 0 Å². The monoisotopic (exact) mass is 551 g/mol. The van der Waals surface area contributed by atoms with Crippen molar-refractivity contribution in [2.45, 2.75) is 77.7 Å². The lowest BCUT2D eigenvalue weighted by atomic mass is 9.94. The first-order valence-corrected chi connectivity index (χ1v) is 14.4. The van der Waals surface area contributed by atoms with E-state index < -0.39 is 29.3 Å². The van der Waals surface area contributed by atoms with Gasteiger partial charge in [-0.25, -0.2) is 4.79 Å². The summed E-state index contributed by atoms with van der Waals surface area (Å²) in [6, 6.07) is 14.8. The predicted molar refractivity (Wildman–Crippen MR) is 158 cm³/mol. The van der Waals surface area contributed by atoms with Gasteiger partial charge in [0.2, 0.25) is 11.8 Å². The second-order valence-electron chi connectivity index (χ2n) is 11.2. The van der Waals surface area contributed by atoms with Crippen molar-refractivity contribution in [2.75, 3.05) is 12.0 Å². The molecule has 2 aromatic carbocycles. The summed E-state index contributed by atoms with van der Waals surface area (Å²) in [5, 5.41) is 5.76. The Hall–Kier alpha value is -3.44. The lowest BCUT2D eigenvalue weighted by molar-refractivity contribution is -0.148. The zero-order chi connectivity index (χ0) is 29.2. The third-order valence-electron chi connectivity index (χ3n) is 5.77. The molecule has 0 aliphatic heterocycles. The van der Waals surface area contributed by atoms with Crippen molar-refractivity contribution >= 4 is 29.7 Å². The number of benzene rings is 2. The van der Waals surface area contributed by atoms with E-state index in [0.717, 1.165) is 5.56 Å². The van der Waals surface area contributed by atoms with Crippen LogP contribution in [-0.2, 0) is 20.9 Å². The van der Waals surface area contributed by atoms with Crippen molar-refractivity contribution in [3.63, 3.8) is 0 Å². The first-order valence-electron chi connectivity index (χ1n) is 13.0. The van der Waals surface area contributed by atoms with Crippen LogP contribution in [0, 0.1) is 12.3 Å². The average molecular weight is 552 g/mol. The zero-order valence-electron chi connectivity index (χ0n) is 24.0. The van der Waals surface area contributed by atoms with Gasteiger partial charge in [0.1, 0.15) is 17.7 Å². The lowest BCUT2D eigenvalue weighted by Crippen LogP contribution is -2.58. The molecule has 210 valence electrons. The number of carbonyl (C=O) groups is 3. The molecule has 3 amide bonds.